The Hall–Kier alpha value is -2.93. The summed E-state index contributed by atoms with van der Waals surface area (Å²) in [6.45, 7) is 3.55. The fourth-order valence-corrected chi connectivity index (χ4v) is 0.877. The summed E-state index contributed by atoms with van der Waals surface area (Å²) in [5.41, 5.74) is 4.57. The van der Waals surface area contributed by atoms with Crippen LogP contribution in [0.1, 0.15) is 12.8 Å². The zero-order valence-corrected chi connectivity index (χ0v) is 12.1. The molecule has 0 amide bonds. The van der Waals surface area contributed by atoms with E-state index in [2.05, 4.69) is 12.3 Å². The van der Waals surface area contributed by atoms with Gasteiger partial charge in [-0.15, -0.1) is 0 Å². The predicted octanol–water partition coefficient (Wildman–Crippen LogP) is -0.0740. The van der Waals surface area contributed by atoms with Crippen molar-refractivity contribution in [3.05, 3.63) is 12.7 Å². The van der Waals surface area contributed by atoms with E-state index in [1.54, 1.807) is 11.0 Å². The van der Waals surface area contributed by atoms with Crippen LogP contribution in [-0.2, 0) is 9.59 Å². The summed E-state index contributed by atoms with van der Waals surface area (Å²) in [6, 6.07) is 5.56. The third kappa shape index (κ3) is 30.3. The molecule has 22 heavy (non-hydrogen) atoms. The summed E-state index contributed by atoms with van der Waals surface area (Å²) in [5.74, 6) is -1.90. The monoisotopic (exact) mass is 309 g/mol. The smallest absolute Gasteiger partial charge is 0.317 e. The molecule has 0 saturated carbocycles. The molecule has 0 saturated heterocycles. The minimum absolute atomic E-state index is 0.108. The molecule has 4 N–H and O–H groups in total. The van der Waals surface area contributed by atoms with E-state index in [0.717, 1.165) is 0 Å². The van der Waals surface area contributed by atoms with E-state index in [-0.39, 0.29) is 13.1 Å². The predicted molar refractivity (Wildman–Crippen MR) is 77.0 cm³/mol. The molecular formula is C13H19N5O4. The van der Waals surface area contributed by atoms with Crippen molar-refractivity contribution in [1.82, 2.24) is 4.90 Å². The van der Waals surface area contributed by atoms with Gasteiger partial charge in [-0.2, -0.15) is 15.8 Å². The molecule has 0 fully saturated rings. The molecule has 0 unspecified atom stereocenters. The molecular weight excluding hydrogens is 290 g/mol. The SMILES string of the molecule is C=CC#N.N#CCCN(CCC#N)CC(=O)O.NCC(=O)O. The van der Waals surface area contributed by atoms with Gasteiger partial charge < -0.3 is 15.9 Å². The summed E-state index contributed by atoms with van der Waals surface area (Å²) >= 11 is 0. The molecule has 0 radical (unpaired) electrons. The maximum atomic E-state index is 10.3. The zero-order valence-electron chi connectivity index (χ0n) is 12.1. The molecule has 0 bridgehead atoms. The van der Waals surface area contributed by atoms with Gasteiger partial charge in [0.05, 0.1) is 31.3 Å². The van der Waals surface area contributed by atoms with Crippen LogP contribution in [0.15, 0.2) is 12.7 Å². The van der Waals surface area contributed by atoms with E-state index in [1.807, 2.05) is 12.1 Å². The maximum absolute atomic E-state index is 10.3. The van der Waals surface area contributed by atoms with Crippen LogP contribution in [0.25, 0.3) is 0 Å². The summed E-state index contributed by atoms with van der Waals surface area (Å²) < 4.78 is 0. The van der Waals surface area contributed by atoms with Crippen molar-refractivity contribution in [3.8, 4) is 18.2 Å². The summed E-state index contributed by atoms with van der Waals surface area (Å²) in [7, 11) is 0. The number of nitrogens with zero attached hydrogens (tertiary/aromatic N) is 4. The molecule has 0 aromatic carbocycles. The van der Waals surface area contributed by atoms with Crippen molar-refractivity contribution in [1.29, 1.82) is 15.8 Å². The molecule has 0 aliphatic rings. The molecule has 0 rings (SSSR count). The summed E-state index contributed by atoms with van der Waals surface area (Å²) in [4.78, 5) is 21.1. The van der Waals surface area contributed by atoms with Crippen LogP contribution in [0.3, 0.4) is 0 Å². The quantitative estimate of drug-likeness (QED) is 0.543. The molecule has 0 aromatic heterocycles. The summed E-state index contributed by atoms with van der Waals surface area (Å²) in [5, 5.41) is 40.2. The number of hydrogen-bond donors (Lipinski definition) is 3. The van der Waals surface area contributed by atoms with E-state index < -0.39 is 11.9 Å². The lowest BCUT2D eigenvalue weighted by Gasteiger charge is -2.16. The lowest BCUT2D eigenvalue weighted by atomic mass is 10.3. The lowest BCUT2D eigenvalue weighted by molar-refractivity contribution is -0.138. The largest absolute Gasteiger partial charge is 0.480 e. The molecule has 0 aliphatic carbocycles. The van der Waals surface area contributed by atoms with Crippen LogP contribution < -0.4 is 5.73 Å². The number of nitriles is 3. The molecule has 9 nitrogen and oxygen atoms in total. The Bertz CT molecular complexity index is 427. The van der Waals surface area contributed by atoms with Gasteiger partial charge in [-0.1, -0.05) is 6.58 Å². The highest BCUT2D eigenvalue weighted by atomic mass is 16.4. The Balaban J connectivity index is -0.000000330. The Morgan fingerprint density at radius 2 is 1.45 bits per heavy atom. The van der Waals surface area contributed by atoms with E-state index in [9.17, 15) is 9.59 Å². The van der Waals surface area contributed by atoms with Crippen LogP contribution in [0.4, 0.5) is 0 Å². The van der Waals surface area contributed by atoms with Gasteiger partial charge in [0.15, 0.2) is 0 Å². The molecule has 0 atom stereocenters. The first-order valence-electron chi connectivity index (χ1n) is 5.99. The van der Waals surface area contributed by atoms with Gasteiger partial charge in [-0.3, -0.25) is 14.5 Å². The van der Waals surface area contributed by atoms with E-state index in [4.69, 9.17) is 26.0 Å². The van der Waals surface area contributed by atoms with Gasteiger partial charge in [-0.25, -0.2) is 0 Å². The number of carbonyl (C=O) groups is 2. The standard InChI is InChI=1S/C8H11N3O2.C3H3N.C2H5NO2/c9-3-1-5-11(6-2-4-10)7-8(12)13;1-2-3-4;3-1-2(4)5/h1-2,5-7H2,(H,12,13);2H,1H2;1,3H2,(H,4,5). The highest BCUT2D eigenvalue weighted by molar-refractivity contribution is 5.69. The molecule has 9 heteroatoms. The third-order valence-electron chi connectivity index (χ3n) is 1.70. The number of allylic oxidation sites excluding steroid dienone is 1. The minimum atomic E-state index is -0.968. The third-order valence-corrected chi connectivity index (χ3v) is 1.70. The lowest BCUT2D eigenvalue weighted by Crippen LogP contribution is -2.31. The van der Waals surface area contributed by atoms with Gasteiger partial charge in [0.2, 0.25) is 0 Å². The second-order valence-electron chi connectivity index (χ2n) is 3.42. The Labute approximate surface area is 129 Å². The second kappa shape index (κ2) is 20.4. The maximum Gasteiger partial charge on any atom is 0.317 e. The van der Waals surface area contributed by atoms with E-state index >= 15 is 0 Å². The number of carboxylic acids is 2. The first kappa shape index (κ1) is 24.1. The zero-order chi connectivity index (χ0) is 17.8. The van der Waals surface area contributed by atoms with Crippen LogP contribution in [0, 0.1) is 34.0 Å². The fourth-order valence-electron chi connectivity index (χ4n) is 0.877. The van der Waals surface area contributed by atoms with Crippen molar-refractivity contribution in [2.45, 2.75) is 12.8 Å². The topological polar surface area (TPSA) is 175 Å². The van der Waals surface area contributed by atoms with Crippen LogP contribution in [0.2, 0.25) is 0 Å². The van der Waals surface area contributed by atoms with Gasteiger partial charge in [0.25, 0.3) is 0 Å². The number of nitrogens with two attached hydrogens (primary N) is 1. The average molecular weight is 309 g/mol. The molecule has 0 aliphatic heterocycles. The van der Waals surface area contributed by atoms with Crippen LogP contribution >= 0.6 is 0 Å². The highest BCUT2D eigenvalue weighted by Gasteiger charge is 2.07. The fraction of sp³-hybridized carbons (Fsp3) is 0.462. The van der Waals surface area contributed by atoms with Crippen molar-refractivity contribution < 1.29 is 19.8 Å². The summed E-state index contributed by atoms with van der Waals surface area (Å²) in [6.07, 6.45) is 1.76. The van der Waals surface area contributed by atoms with E-state index in [0.29, 0.717) is 25.9 Å². The van der Waals surface area contributed by atoms with Gasteiger partial charge >= 0.3 is 11.9 Å². The van der Waals surface area contributed by atoms with Gasteiger partial charge in [0, 0.05) is 32.0 Å². The highest BCUT2D eigenvalue weighted by Crippen LogP contribution is 1.93. The van der Waals surface area contributed by atoms with Crippen molar-refractivity contribution >= 4 is 11.9 Å². The Morgan fingerprint density at radius 3 is 1.64 bits per heavy atom. The van der Waals surface area contributed by atoms with Crippen LogP contribution in [-0.4, -0.2) is 53.2 Å². The van der Waals surface area contributed by atoms with Gasteiger partial charge in [-0.05, 0) is 0 Å². The van der Waals surface area contributed by atoms with Crippen molar-refractivity contribution in [3.63, 3.8) is 0 Å². The second-order valence-corrected chi connectivity index (χ2v) is 3.42. The van der Waals surface area contributed by atoms with Crippen molar-refractivity contribution in [2.24, 2.45) is 5.73 Å². The number of hydrogen-bond acceptors (Lipinski definition) is 7. The number of carboxylic acid groups (broad SMARTS) is 2. The molecule has 0 spiro atoms. The molecule has 0 aromatic rings. The first-order chi connectivity index (χ1) is 10.4. The van der Waals surface area contributed by atoms with E-state index in [1.165, 1.54) is 6.08 Å². The average Bonchev–Trinajstić information content (AvgIpc) is 2.50. The van der Waals surface area contributed by atoms with Crippen LogP contribution in [0.5, 0.6) is 0 Å². The molecule has 120 valence electrons. The number of rotatable bonds is 7. The normalized spacial score (nSPS) is 7.77. The van der Waals surface area contributed by atoms with Crippen molar-refractivity contribution in [2.75, 3.05) is 26.2 Å². The van der Waals surface area contributed by atoms with Gasteiger partial charge in [0.1, 0.15) is 0 Å². The number of aliphatic carboxylic acids is 2. The Morgan fingerprint density at radius 1 is 1.09 bits per heavy atom. The molecule has 0 heterocycles. The first-order valence-corrected chi connectivity index (χ1v) is 5.99. The minimum Gasteiger partial charge on any atom is -0.480 e. The Kier molecular flexibility index (Phi) is 22.3.